The molecule has 144 valence electrons. The van der Waals surface area contributed by atoms with Crippen LogP contribution in [0.5, 0.6) is 0 Å². The molecule has 1 N–H and O–H groups in total. The predicted octanol–water partition coefficient (Wildman–Crippen LogP) is 2.96. The smallest absolute Gasteiger partial charge is 0.270 e. The van der Waals surface area contributed by atoms with Crippen LogP contribution in [0.2, 0.25) is 0 Å². The minimum Gasteiger partial charge on any atom is -0.343 e. The molecule has 0 aliphatic heterocycles. The van der Waals surface area contributed by atoms with Crippen LogP contribution in [0.3, 0.4) is 0 Å². The zero-order valence-electron chi connectivity index (χ0n) is 15.9. The highest BCUT2D eigenvalue weighted by atomic mass is 16.2. The fraction of sp³-hybridized carbons (Fsp3) is 0.350. The fourth-order valence-corrected chi connectivity index (χ4v) is 3.57. The highest BCUT2D eigenvalue weighted by Gasteiger charge is 2.27. The molecule has 4 rings (SSSR count). The zero-order chi connectivity index (χ0) is 19.7. The number of ketones is 1. The van der Waals surface area contributed by atoms with Gasteiger partial charge in [0.1, 0.15) is 22.9 Å². The lowest BCUT2D eigenvalue weighted by Gasteiger charge is -2.25. The minimum atomic E-state index is -0.0888. The molecule has 1 fully saturated rings. The Bertz CT molecular complexity index is 1020. The summed E-state index contributed by atoms with van der Waals surface area (Å²) in [4.78, 5) is 39.3. The third kappa shape index (κ3) is 3.45. The van der Waals surface area contributed by atoms with E-state index < -0.39 is 0 Å². The predicted molar refractivity (Wildman–Crippen MR) is 106 cm³/mol. The Kier molecular flexibility index (Phi) is 4.77. The van der Waals surface area contributed by atoms with Crippen molar-refractivity contribution in [1.82, 2.24) is 24.4 Å². The van der Waals surface area contributed by atoms with Crippen LogP contribution in [-0.2, 0) is 4.79 Å². The molecule has 0 saturated heterocycles. The number of hydrogen-bond donors (Lipinski definition) is 1. The van der Waals surface area contributed by atoms with Crippen molar-refractivity contribution in [2.24, 2.45) is 0 Å². The second kappa shape index (κ2) is 7.38. The molecule has 3 heterocycles. The molecule has 0 radical (unpaired) electrons. The first-order chi connectivity index (χ1) is 13.5. The number of pyridine rings is 1. The quantitative estimate of drug-likeness (QED) is 0.750. The number of rotatable bonds is 4. The molecule has 3 aromatic rings. The van der Waals surface area contributed by atoms with Gasteiger partial charge in [0.2, 0.25) is 5.95 Å². The highest BCUT2D eigenvalue weighted by Crippen LogP contribution is 2.32. The van der Waals surface area contributed by atoms with Crippen molar-refractivity contribution < 1.29 is 9.59 Å². The summed E-state index contributed by atoms with van der Waals surface area (Å²) in [5.74, 6) is 1.25. The van der Waals surface area contributed by atoms with Gasteiger partial charge in [-0.05, 0) is 31.0 Å². The van der Waals surface area contributed by atoms with Crippen LogP contribution in [-0.4, -0.2) is 50.2 Å². The van der Waals surface area contributed by atoms with E-state index >= 15 is 0 Å². The van der Waals surface area contributed by atoms with Gasteiger partial charge in [0.15, 0.2) is 0 Å². The van der Waals surface area contributed by atoms with Gasteiger partial charge >= 0.3 is 0 Å². The van der Waals surface area contributed by atoms with Crippen LogP contribution in [0.25, 0.3) is 11.0 Å². The summed E-state index contributed by atoms with van der Waals surface area (Å²) < 4.78 is 1.98. The van der Waals surface area contributed by atoms with Crippen molar-refractivity contribution in [2.75, 3.05) is 19.4 Å². The topological polar surface area (TPSA) is 93.0 Å². The van der Waals surface area contributed by atoms with E-state index in [1.807, 2.05) is 28.8 Å². The molecular weight excluding hydrogens is 356 g/mol. The summed E-state index contributed by atoms with van der Waals surface area (Å²) in [5, 5.41) is 3.90. The average molecular weight is 378 g/mol. The molecule has 28 heavy (non-hydrogen) atoms. The van der Waals surface area contributed by atoms with Gasteiger partial charge in [-0.15, -0.1) is 0 Å². The minimum absolute atomic E-state index is 0.0618. The standard InChI is InChI=1S/C20H22N6O2/c1-25(2)19(28)16-11-13-12-22-20(23-17-5-3-4-10-21-17)24-18(13)26(16)14-6-8-15(27)9-7-14/h3-5,10-12,14H,6-9H2,1-2H3,(H,21,22,23,24). The maximum Gasteiger partial charge on any atom is 0.270 e. The Morgan fingerprint density at radius 3 is 2.68 bits per heavy atom. The number of fused-ring (bicyclic) bond motifs is 1. The number of aromatic nitrogens is 4. The lowest BCUT2D eigenvalue weighted by atomic mass is 9.94. The van der Waals surface area contributed by atoms with Crippen LogP contribution in [0.15, 0.2) is 36.7 Å². The average Bonchev–Trinajstić information content (AvgIpc) is 3.07. The molecule has 1 amide bonds. The number of hydrogen-bond acceptors (Lipinski definition) is 6. The third-order valence-electron chi connectivity index (χ3n) is 4.98. The van der Waals surface area contributed by atoms with Crippen molar-refractivity contribution in [3.63, 3.8) is 0 Å². The van der Waals surface area contributed by atoms with Crippen molar-refractivity contribution in [3.8, 4) is 0 Å². The second-order valence-electron chi connectivity index (χ2n) is 7.18. The third-order valence-corrected chi connectivity index (χ3v) is 4.98. The highest BCUT2D eigenvalue weighted by molar-refractivity contribution is 5.98. The summed E-state index contributed by atoms with van der Waals surface area (Å²) in [6, 6.07) is 7.44. The lowest BCUT2D eigenvalue weighted by Crippen LogP contribution is -2.27. The largest absolute Gasteiger partial charge is 0.343 e. The molecule has 8 heteroatoms. The number of Topliss-reactive ketones (excluding diaryl/α,β-unsaturated/α-hetero) is 1. The zero-order valence-corrected chi connectivity index (χ0v) is 15.9. The normalized spacial score (nSPS) is 15.0. The van der Waals surface area contributed by atoms with E-state index in [0.717, 1.165) is 5.39 Å². The van der Waals surface area contributed by atoms with Gasteiger partial charge in [0.25, 0.3) is 5.91 Å². The summed E-state index contributed by atoms with van der Waals surface area (Å²) in [7, 11) is 3.46. The number of amides is 1. The van der Waals surface area contributed by atoms with Crippen LogP contribution < -0.4 is 5.32 Å². The Hall–Kier alpha value is -3.29. The summed E-state index contributed by atoms with van der Waals surface area (Å²) in [6.07, 6.45) is 5.89. The van der Waals surface area contributed by atoms with Crippen LogP contribution in [0.4, 0.5) is 11.8 Å². The molecule has 0 unspecified atom stereocenters. The maximum absolute atomic E-state index is 12.8. The molecule has 1 saturated carbocycles. The van der Waals surface area contributed by atoms with Crippen LogP contribution in [0, 0.1) is 0 Å². The summed E-state index contributed by atoms with van der Waals surface area (Å²) >= 11 is 0. The van der Waals surface area contributed by atoms with Crippen LogP contribution in [0.1, 0.15) is 42.2 Å². The van der Waals surface area contributed by atoms with Gasteiger partial charge in [-0.25, -0.2) is 9.97 Å². The van der Waals surface area contributed by atoms with E-state index in [1.165, 1.54) is 0 Å². The van der Waals surface area contributed by atoms with E-state index in [2.05, 4.69) is 20.3 Å². The van der Waals surface area contributed by atoms with Gasteiger partial charge in [-0.2, -0.15) is 4.98 Å². The molecule has 1 aliphatic rings. The van der Waals surface area contributed by atoms with Crippen molar-refractivity contribution in [2.45, 2.75) is 31.7 Å². The van der Waals surface area contributed by atoms with E-state index in [9.17, 15) is 9.59 Å². The van der Waals surface area contributed by atoms with Gasteiger partial charge in [0, 0.05) is 50.8 Å². The van der Waals surface area contributed by atoms with E-state index in [1.54, 1.807) is 31.4 Å². The van der Waals surface area contributed by atoms with Gasteiger partial charge in [-0.3, -0.25) is 9.59 Å². The summed E-state index contributed by atoms with van der Waals surface area (Å²) in [5.41, 5.74) is 1.27. The van der Waals surface area contributed by atoms with Crippen molar-refractivity contribution in [1.29, 1.82) is 0 Å². The second-order valence-corrected chi connectivity index (χ2v) is 7.18. The number of nitrogens with zero attached hydrogens (tertiary/aromatic N) is 5. The van der Waals surface area contributed by atoms with Crippen molar-refractivity contribution in [3.05, 3.63) is 42.4 Å². The molecule has 8 nitrogen and oxygen atoms in total. The number of carbonyl (C=O) groups excluding carboxylic acids is 2. The Balaban J connectivity index is 1.79. The maximum atomic E-state index is 12.8. The monoisotopic (exact) mass is 378 g/mol. The van der Waals surface area contributed by atoms with Gasteiger partial charge < -0.3 is 14.8 Å². The van der Waals surface area contributed by atoms with E-state index in [4.69, 9.17) is 0 Å². The summed E-state index contributed by atoms with van der Waals surface area (Å²) in [6.45, 7) is 0. The first kappa shape index (κ1) is 18.1. The Labute approximate surface area is 162 Å². The molecule has 1 aliphatic carbocycles. The molecule has 0 atom stereocenters. The molecular formula is C20H22N6O2. The fourth-order valence-electron chi connectivity index (χ4n) is 3.57. The first-order valence-electron chi connectivity index (χ1n) is 9.32. The Morgan fingerprint density at radius 2 is 2.00 bits per heavy atom. The van der Waals surface area contributed by atoms with Gasteiger partial charge in [0.05, 0.1) is 0 Å². The lowest BCUT2D eigenvalue weighted by molar-refractivity contribution is -0.120. The molecule has 0 spiro atoms. The number of nitrogens with one attached hydrogen (secondary N) is 1. The molecule has 0 aromatic carbocycles. The molecule has 3 aromatic heterocycles. The SMILES string of the molecule is CN(C)C(=O)c1cc2cnc(Nc3ccccn3)nc2n1C1CCC(=O)CC1. The number of carbonyl (C=O) groups is 2. The van der Waals surface area contributed by atoms with Crippen molar-refractivity contribution >= 4 is 34.5 Å². The van der Waals surface area contributed by atoms with E-state index in [0.29, 0.717) is 48.8 Å². The van der Waals surface area contributed by atoms with E-state index in [-0.39, 0.29) is 17.7 Å². The van der Waals surface area contributed by atoms with Crippen LogP contribution >= 0.6 is 0 Å². The molecule has 0 bridgehead atoms. The first-order valence-corrected chi connectivity index (χ1v) is 9.32. The Morgan fingerprint density at radius 1 is 1.21 bits per heavy atom. The number of anilines is 2. The van der Waals surface area contributed by atoms with Gasteiger partial charge in [-0.1, -0.05) is 6.07 Å².